The molecular weight excluding hydrogens is 354 g/mol. The van der Waals surface area contributed by atoms with Gasteiger partial charge in [-0.15, -0.1) is 0 Å². The van der Waals surface area contributed by atoms with Crippen LogP contribution >= 0.6 is 15.9 Å². The summed E-state index contributed by atoms with van der Waals surface area (Å²) < 4.78 is 28.6. The van der Waals surface area contributed by atoms with Gasteiger partial charge in [0.05, 0.1) is 4.90 Å². The second-order valence-electron chi connectivity index (χ2n) is 5.80. The van der Waals surface area contributed by atoms with Gasteiger partial charge in [-0.25, -0.2) is 13.1 Å². The van der Waals surface area contributed by atoms with Crippen LogP contribution in [0.25, 0.3) is 0 Å². The highest BCUT2D eigenvalue weighted by Gasteiger charge is 2.37. The van der Waals surface area contributed by atoms with Crippen molar-refractivity contribution in [1.29, 1.82) is 0 Å². The third-order valence-electron chi connectivity index (χ3n) is 4.44. The predicted octanol–water partition coefficient (Wildman–Crippen LogP) is 1.94. The topological polar surface area (TPSA) is 75.4 Å². The van der Waals surface area contributed by atoms with Gasteiger partial charge in [0.25, 0.3) is 0 Å². The lowest BCUT2D eigenvalue weighted by molar-refractivity contribution is 0.186. The maximum atomic E-state index is 12.5. The van der Waals surface area contributed by atoms with E-state index in [0.29, 0.717) is 16.2 Å². The van der Waals surface area contributed by atoms with Gasteiger partial charge in [0.1, 0.15) is 0 Å². The fourth-order valence-corrected chi connectivity index (χ4v) is 5.19. The minimum absolute atomic E-state index is 0.0200. The maximum Gasteiger partial charge on any atom is 0.240 e. The van der Waals surface area contributed by atoms with Crippen LogP contribution in [0.5, 0.6) is 0 Å². The Morgan fingerprint density at radius 2 is 2.05 bits per heavy atom. The number of anilines is 1. The Hall–Kier alpha value is -0.630. The lowest BCUT2D eigenvalue weighted by Gasteiger charge is -2.32. The largest absolute Gasteiger partial charge is 0.398 e. The number of hydrogen-bond acceptors (Lipinski definition) is 4. The van der Waals surface area contributed by atoms with E-state index in [2.05, 4.69) is 25.6 Å². The molecule has 0 saturated carbocycles. The van der Waals surface area contributed by atoms with Gasteiger partial charge >= 0.3 is 0 Å². The zero-order valence-corrected chi connectivity index (χ0v) is 14.2. The molecule has 3 N–H and O–H groups in total. The van der Waals surface area contributed by atoms with Crippen LogP contribution in [-0.2, 0) is 10.0 Å². The molecule has 2 heterocycles. The molecule has 0 radical (unpaired) electrons. The molecule has 2 aliphatic heterocycles. The van der Waals surface area contributed by atoms with Crippen molar-refractivity contribution in [1.82, 2.24) is 9.62 Å². The average molecular weight is 374 g/mol. The molecule has 2 unspecified atom stereocenters. The molecule has 2 aliphatic rings. The quantitative estimate of drug-likeness (QED) is 0.793. The molecule has 5 nitrogen and oxygen atoms in total. The van der Waals surface area contributed by atoms with Crippen molar-refractivity contribution in [2.75, 3.05) is 18.8 Å². The third-order valence-corrected chi connectivity index (χ3v) is 6.62. The van der Waals surface area contributed by atoms with E-state index in [-0.39, 0.29) is 10.9 Å². The fourth-order valence-electron chi connectivity index (χ4n) is 3.33. The first-order valence-corrected chi connectivity index (χ1v) is 9.56. The lowest BCUT2D eigenvalue weighted by Crippen LogP contribution is -2.46. The van der Waals surface area contributed by atoms with Gasteiger partial charge < -0.3 is 5.73 Å². The maximum absolute atomic E-state index is 12.5. The summed E-state index contributed by atoms with van der Waals surface area (Å²) in [5.74, 6) is 0. The van der Waals surface area contributed by atoms with E-state index >= 15 is 0 Å². The van der Waals surface area contributed by atoms with Gasteiger partial charge in [0.15, 0.2) is 0 Å². The van der Waals surface area contributed by atoms with Crippen LogP contribution in [0, 0.1) is 0 Å². The monoisotopic (exact) mass is 373 g/mol. The number of sulfonamides is 1. The van der Waals surface area contributed by atoms with Crippen molar-refractivity contribution in [3.63, 3.8) is 0 Å². The van der Waals surface area contributed by atoms with Crippen molar-refractivity contribution in [2.24, 2.45) is 0 Å². The summed E-state index contributed by atoms with van der Waals surface area (Å²) >= 11 is 3.28. The van der Waals surface area contributed by atoms with Crippen molar-refractivity contribution in [3.05, 3.63) is 22.7 Å². The molecule has 2 fully saturated rings. The number of benzene rings is 1. The van der Waals surface area contributed by atoms with E-state index in [0.717, 1.165) is 25.9 Å². The van der Waals surface area contributed by atoms with Crippen molar-refractivity contribution in [3.8, 4) is 0 Å². The number of rotatable bonds is 3. The molecule has 2 atom stereocenters. The van der Waals surface area contributed by atoms with Crippen LogP contribution in [0.4, 0.5) is 5.69 Å². The summed E-state index contributed by atoms with van der Waals surface area (Å²) in [6.07, 6.45) is 4.38. The second-order valence-corrected chi connectivity index (χ2v) is 8.37. The molecule has 0 bridgehead atoms. The first-order chi connectivity index (χ1) is 9.97. The molecule has 7 heteroatoms. The molecule has 3 rings (SSSR count). The molecule has 21 heavy (non-hydrogen) atoms. The third kappa shape index (κ3) is 3.11. The summed E-state index contributed by atoms with van der Waals surface area (Å²) in [5, 5.41) is 0. The first kappa shape index (κ1) is 15.3. The molecule has 116 valence electrons. The Bertz CT molecular complexity index is 635. The number of piperidine rings is 1. The number of hydrogen-bond donors (Lipinski definition) is 2. The molecule has 1 aromatic rings. The van der Waals surface area contributed by atoms with Crippen LogP contribution in [0.3, 0.4) is 0 Å². The van der Waals surface area contributed by atoms with Crippen molar-refractivity contribution < 1.29 is 8.42 Å². The van der Waals surface area contributed by atoms with Gasteiger partial charge in [0, 0.05) is 28.8 Å². The number of halogens is 1. The average Bonchev–Trinajstić information content (AvgIpc) is 2.85. The summed E-state index contributed by atoms with van der Waals surface area (Å²) in [6.45, 7) is 2.08. The summed E-state index contributed by atoms with van der Waals surface area (Å²) in [7, 11) is -3.50. The number of nitrogens with one attached hydrogen (secondary N) is 1. The van der Waals surface area contributed by atoms with Crippen LogP contribution < -0.4 is 10.5 Å². The highest BCUT2D eigenvalue weighted by atomic mass is 79.9. The second kappa shape index (κ2) is 5.87. The van der Waals surface area contributed by atoms with Crippen LogP contribution in [0.15, 0.2) is 27.6 Å². The van der Waals surface area contributed by atoms with E-state index in [1.165, 1.54) is 12.8 Å². The fraction of sp³-hybridized carbons (Fsp3) is 0.571. The van der Waals surface area contributed by atoms with E-state index in [1.54, 1.807) is 18.2 Å². The van der Waals surface area contributed by atoms with E-state index in [9.17, 15) is 8.42 Å². The highest BCUT2D eigenvalue weighted by Crippen LogP contribution is 2.29. The molecule has 0 aliphatic carbocycles. The molecule has 0 spiro atoms. The van der Waals surface area contributed by atoms with Crippen LogP contribution in [0.1, 0.15) is 25.7 Å². The van der Waals surface area contributed by atoms with Crippen LogP contribution in [-0.4, -0.2) is 38.5 Å². The number of nitrogen functional groups attached to an aromatic ring is 1. The van der Waals surface area contributed by atoms with Gasteiger partial charge in [-0.05, 0) is 59.9 Å². The van der Waals surface area contributed by atoms with Crippen LogP contribution in [0.2, 0.25) is 0 Å². The Morgan fingerprint density at radius 3 is 2.81 bits per heavy atom. The number of nitrogens with two attached hydrogens (primary N) is 1. The van der Waals surface area contributed by atoms with E-state index < -0.39 is 10.0 Å². The Labute approximate surface area is 134 Å². The van der Waals surface area contributed by atoms with Gasteiger partial charge in [-0.3, -0.25) is 4.90 Å². The van der Waals surface area contributed by atoms with E-state index in [4.69, 9.17) is 5.73 Å². The SMILES string of the molecule is Nc1ccc(S(=O)(=O)NC2CCN3CCCCC23)cc1Br. The lowest BCUT2D eigenvalue weighted by atomic mass is 10.00. The molecule has 1 aromatic carbocycles. The van der Waals surface area contributed by atoms with Crippen molar-refractivity contribution >= 4 is 31.6 Å². The standard InChI is InChI=1S/C14H20BrN3O2S/c15-11-9-10(4-5-12(11)16)21(19,20)17-13-6-8-18-7-2-1-3-14(13)18/h4-5,9,13-14,17H,1-3,6-8,16H2. The summed E-state index contributed by atoms with van der Waals surface area (Å²) in [4.78, 5) is 2.67. The summed E-state index contributed by atoms with van der Waals surface area (Å²) in [5.41, 5.74) is 6.25. The number of nitrogens with zero attached hydrogens (tertiary/aromatic N) is 1. The molecule has 0 aromatic heterocycles. The van der Waals surface area contributed by atoms with Gasteiger partial charge in [-0.2, -0.15) is 0 Å². The molecule has 2 saturated heterocycles. The van der Waals surface area contributed by atoms with Crippen molar-refractivity contribution in [2.45, 2.75) is 42.7 Å². The Balaban J connectivity index is 1.78. The zero-order chi connectivity index (χ0) is 15.0. The Kier molecular flexibility index (Phi) is 4.27. The minimum Gasteiger partial charge on any atom is -0.398 e. The summed E-state index contributed by atoms with van der Waals surface area (Å²) in [6, 6.07) is 5.10. The number of fused-ring (bicyclic) bond motifs is 1. The minimum atomic E-state index is -3.50. The normalized spacial score (nSPS) is 26.7. The predicted molar refractivity (Wildman–Crippen MR) is 86.5 cm³/mol. The zero-order valence-electron chi connectivity index (χ0n) is 11.8. The molecule has 0 amide bonds. The smallest absolute Gasteiger partial charge is 0.240 e. The highest BCUT2D eigenvalue weighted by molar-refractivity contribution is 9.10. The van der Waals surface area contributed by atoms with Gasteiger partial charge in [-0.1, -0.05) is 6.42 Å². The molecular formula is C14H20BrN3O2S. The van der Waals surface area contributed by atoms with Gasteiger partial charge in [0.2, 0.25) is 10.0 Å². The first-order valence-electron chi connectivity index (χ1n) is 7.29. The van der Waals surface area contributed by atoms with E-state index in [1.807, 2.05) is 0 Å². The Morgan fingerprint density at radius 1 is 1.24 bits per heavy atom.